The first-order valence-corrected chi connectivity index (χ1v) is 26.5. The highest BCUT2D eigenvalue weighted by molar-refractivity contribution is 7.99. The number of ether oxygens (including phenoxy) is 6. The average molecular weight is 1020 g/mol. The van der Waals surface area contributed by atoms with Gasteiger partial charge in [0.05, 0.1) is 46.9 Å². The number of likely N-dealkylation sites (N-methyl/N-ethyl adjacent to an activating group) is 1. The predicted molar refractivity (Wildman–Crippen MR) is 258 cm³/mol. The van der Waals surface area contributed by atoms with Gasteiger partial charge in [0, 0.05) is 48.2 Å². The number of carbonyl (C=O) groups is 1. The predicted octanol–water partition coefficient (Wildman–Crippen LogP) is 5.13. The van der Waals surface area contributed by atoms with Gasteiger partial charge in [0.1, 0.15) is 35.1 Å². The van der Waals surface area contributed by atoms with Crippen molar-refractivity contribution in [2.75, 3.05) is 26.5 Å². The summed E-state index contributed by atoms with van der Waals surface area (Å²) in [4.78, 5) is 15.5. The summed E-state index contributed by atoms with van der Waals surface area (Å²) in [7, 11) is -1.27. The largest absolute Gasteiger partial charge is 0.459 e. The molecule has 2 aromatic rings. The van der Waals surface area contributed by atoms with Crippen molar-refractivity contribution >= 4 is 39.4 Å². The zero-order valence-electron chi connectivity index (χ0n) is 41.6. The molecule has 0 aliphatic carbocycles. The number of halogens is 1. The van der Waals surface area contributed by atoms with Crippen LogP contribution in [0.4, 0.5) is 0 Å². The van der Waals surface area contributed by atoms with Crippen molar-refractivity contribution in [3.05, 3.63) is 59.6 Å². The number of hydrogen-bond acceptors (Lipinski definition) is 16. The van der Waals surface area contributed by atoms with E-state index < -0.39 is 118 Å². The molecule has 19 heteroatoms. The number of nitrogens with one attached hydrogen (secondary N) is 1. The minimum Gasteiger partial charge on any atom is -0.459 e. The molecule has 3 saturated heterocycles. The second kappa shape index (κ2) is 22.8. The molecule has 3 aliphatic rings. The molecule has 386 valence electrons. The number of methoxy groups -OCH3 is 1. The Hall–Kier alpha value is -1.98. The summed E-state index contributed by atoms with van der Waals surface area (Å²) >= 11 is 7.52. The fourth-order valence-corrected chi connectivity index (χ4v) is 13.0. The highest BCUT2D eigenvalue weighted by atomic mass is 35.5. The van der Waals surface area contributed by atoms with Gasteiger partial charge in [-0.1, -0.05) is 50.6 Å². The van der Waals surface area contributed by atoms with E-state index in [1.165, 1.54) is 57.1 Å². The SMILES string of the molecule is CC[C@H]1OC(=O)[C@H](C)[C@@H](O[C@H]2C[C@@](C)(OC)[C@](O)(CSc3ccccc3)[C@H](C)O2)[C@H](C)[C@@H](O[C@@H]2O[C@H](C)C[C@H](N(C)S(=O)(=O)c3ccc(Cl)cc3)[C@H]2O)[C@](C)(O)C[C@@H](C)CN[C@H](C)[C@@H](O)[C@]1(C)O. The lowest BCUT2D eigenvalue weighted by atomic mass is 9.76. The van der Waals surface area contributed by atoms with Crippen LogP contribution in [-0.4, -0.2) is 160 Å². The third kappa shape index (κ3) is 12.4. The molecule has 0 radical (unpaired) electrons. The molecule has 0 aromatic heterocycles. The number of thioether (sulfide) groups is 1. The van der Waals surface area contributed by atoms with Crippen LogP contribution in [0.3, 0.4) is 0 Å². The van der Waals surface area contributed by atoms with E-state index in [2.05, 4.69) is 5.32 Å². The Morgan fingerprint density at radius 2 is 1.56 bits per heavy atom. The Morgan fingerprint density at radius 1 is 0.926 bits per heavy atom. The van der Waals surface area contributed by atoms with Crippen molar-refractivity contribution in [2.45, 2.75) is 195 Å². The highest BCUT2D eigenvalue weighted by Gasteiger charge is 2.59. The Morgan fingerprint density at radius 3 is 2.16 bits per heavy atom. The quantitative estimate of drug-likeness (QED) is 0.120. The minimum absolute atomic E-state index is 0.00372. The Balaban J connectivity index is 1.56. The number of rotatable bonds is 12. The maximum atomic E-state index is 14.6. The Labute approximate surface area is 412 Å². The van der Waals surface area contributed by atoms with E-state index in [-0.39, 0.29) is 48.8 Å². The van der Waals surface area contributed by atoms with Crippen molar-refractivity contribution in [3.63, 3.8) is 0 Å². The van der Waals surface area contributed by atoms with Crippen LogP contribution in [0.25, 0.3) is 0 Å². The number of benzene rings is 2. The number of carbonyl (C=O) groups excluding carboxylic acids is 1. The number of aliphatic hydroxyl groups excluding tert-OH is 2. The van der Waals surface area contributed by atoms with Crippen molar-refractivity contribution in [3.8, 4) is 0 Å². The van der Waals surface area contributed by atoms with Crippen molar-refractivity contribution in [2.24, 2.45) is 17.8 Å². The molecule has 0 amide bonds. The van der Waals surface area contributed by atoms with Crippen LogP contribution in [0.1, 0.15) is 94.9 Å². The van der Waals surface area contributed by atoms with Crippen LogP contribution >= 0.6 is 23.4 Å². The molecule has 3 aliphatic heterocycles. The van der Waals surface area contributed by atoms with Crippen LogP contribution in [0, 0.1) is 17.8 Å². The van der Waals surface area contributed by atoms with Crippen LogP contribution in [0.15, 0.2) is 64.4 Å². The lowest BCUT2D eigenvalue weighted by Crippen LogP contribution is -2.68. The fourth-order valence-electron chi connectivity index (χ4n) is 10.2. The van der Waals surface area contributed by atoms with Crippen LogP contribution in [0.2, 0.25) is 5.02 Å². The number of cyclic esters (lactones) is 1. The smallest absolute Gasteiger partial charge is 0.311 e. The van der Waals surface area contributed by atoms with Crippen LogP contribution in [0.5, 0.6) is 0 Å². The second-order valence-electron chi connectivity index (χ2n) is 20.1. The molecule has 68 heavy (non-hydrogen) atoms. The number of aliphatic hydroxyl groups is 5. The van der Waals surface area contributed by atoms with Gasteiger partial charge in [-0.3, -0.25) is 4.79 Å². The van der Waals surface area contributed by atoms with Gasteiger partial charge in [-0.15, -0.1) is 11.8 Å². The van der Waals surface area contributed by atoms with Crippen molar-refractivity contribution < 1.29 is 67.2 Å². The van der Waals surface area contributed by atoms with Gasteiger partial charge in [0.15, 0.2) is 12.6 Å². The summed E-state index contributed by atoms with van der Waals surface area (Å²) in [5, 5.41) is 64.2. The topological polar surface area (TPSA) is 223 Å². The molecule has 2 aromatic carbocycles. The molecule has 3 fully saturated rings. The Kier molecular flexibility index (Phi) is 19.1. The van der Waals surface area contributed by atoms with Gasteiger partial charge < -0.3 is 59.3 Å². The van der Waals surface area contributed by atoms with E-state index in [0.29, 0.717) is 5.02 Å². The summed E-state index contributed by atoms with van der Waals surface area (Å²) in [6.45, 7) is 17.2. The number of sulfonamides is 1. The van der Waals surface area contributed by atoms with Crippen molar-refractivity contribution in [1.82, 2.24) is 9.62 Å². The summed E-state index contributed by atoms with van der Waals surface area (Å²) in [5.74, 6) is -2.97. The molecule has 0 saturated carbocycles. The molecule has 0 bridgehead atoms. The lowest BCUT2D eigenvalue weighted by molar-refractivity contribution is -0.333. The standard InChI is InChI=1S/C49H77ClN2O14S2/c1-13-38-48(10,57)42(54)32(6)51-26-28(2)24-46(8,56)43(66-45-40(53)37(23-29(3)62-45)52(11)68(59,60)36-21-19-34(50)20-22-36)30(4)41(31(5)44(55)64-38)65-39-25-47(9,61-12)49(58,33(7)63-39)27-67-35-17-15-14-16-18-35/h14-22,28-33,37-43,45,51,53-54,56-58H,13,23-27H2,1-12H3/t28-,29-,30+,31-,32-,33+,37+,38-,39+,40-,41+,42-,43-,45+,46-,47-,48-,49+/m1/s1. The molecule has 5 rings (SSSR count). The average Bonchev–Trinajstić information content (AvgIpc) is 3.29. The van der Waals surface area contributed by atoms with E-state index in [1.807, 2.05) is 37.3 Å². The highest BCUT2D eigenvalue weighted by Crippen LogP contribution is 2.45. The third-order valence-corrected chi connectivity index (χ3v) is 18.0. The Bertz CT molecular complexity index is 2060. The molecule has 0 unspecified atom stereocenters. The zero-order valence-corrected chi connectivity index (χ0v) is 44.0. The van der Waals surface area contributed by atoms with Gasteiger partial charge in [-0.2, -0.15) is 4.31 Å². The normalized spacial score (nSPS) is 41.7. The lowest BCUT2D eigenvalue weighted by Gasteiger charge is -2.53. The van der Waals surface area contributed by atoms with Gasteiger partial charge >= 0.3 is 5.97 Å². The van der Waals surface area contributed by atoms with E-state index in [9.17, 15) is 38.7 Å². The van der Waals surface area contributed by atoms with Gasteiger partial charge in [0.25, 0.3) is 0 Å². The fraction of sp³-hybridized carbons (Fsp3) is 0.735. The number of hydrogen-bond donors (Lipinski definition) is 6. The maximum Gasteiger partial charge on any atom is 0.311 e. The van der Waals surface area contributed by atoms with E-state index >= 15 is 0 Å². The van der Waals surface area contributed by atoms with Gasteiger partial charge in [-0.25, -0.2) is 8.42 Å². The minimum atomic E-state index is -4.15. The summed E-state index contributed by atoms with van der Waals surface area (Å²) in [5.41, 5.74) is -6.41. The van der Waals surface area contributed by atoms with Crippen molar-refractivity contribution in [1.29, 1.82) is 0 Å². The first kappa shape index (κ1) is 56.9. The van der Waals surface area contributed by atoms with E-state index in [4.69, 9.17) is 40.0 Å². The van der Waals surface area contributed by atoms with E-state index in [1.54, 1.807) is 55.4 Å². The summed E-state index contributed by atoms with van der Waals surface area (Å²) in [6.07, 6.45) is -10.3. The van der Waals surface area contributed by atoms with E-state index in [0.717, 1.165) is 9.20 Å². The second-order valence-corrected chi connectivity index (χ2v) is 23.6. The molecular weight excluding hydrogens is 940 g/mol. The summed E-state index contributed by atoms with van der Waals surface area (Å²) in [6, 6.07) is 13.6. The molecular formula is C49H77ClN2O14S2. The molecule has 3 heterocycles. The van der Waals surface area contributed by atoms with Crippen LogP contribution in [-0.2, 0) is 43.2 Å². The molecule has 6 N–H and O–H groups in total. The molecule has 18 atom stereocenters. The zero-order chi connectivity index (χ0) is 50.7. The summed E-state index contributed by atoms with van der Waals surface area (Å²) < 4.78 is 67.7. The first-order valence-electron chi connectivity index (χ1n) is 23.7. The molecule has 16 nitrogen and oxygen atoms in total. The third-order valence-electron chi connectivity index (χ3n) is 14.7. The first-order chi connectivity index (χ1) is 31.6. The number of esters is 1. The van der Waals surface area contributed by atoms with Gasteiger partial charge in [-0.05, 0) is 117 Å². The van der Waals surface area contributed by atoms with Gasteiger partial charge in [0.2, 0.25) is 10.0 Å². The monoisotopic (exact) mass is 1020 g/mol. The number of nitrogens with zero attached hydrogens (tertiary/aromatic N) is 1. The molecule has 0 spiro atoms. The van der Waals surface area contributed by atoms with Crippen LogP contribution < -0.4 is 5.32 Å². The maximum absolute atomic E-state index is 14.6.